The summed E-state index contributed by atoms with van der Waals surface area (Å²) in [6.45, 7) is 11.9. The first-order valence-electron chi connectivity index (χ1n) is 8.25. The molecule has 112 valence electrons. The highest BCUT2D eigenvalue weighted by molar-refractivity contribution is 4.84. The predicted octanol–water partition coefficient (Wildman–Crippen LogP) is 2.18. The molecule has 3 nitrogen and oxygen atoms in total. The van der Waals surface area contributed by atoms with Gasteiger partial charge in [-0.05, 0) is 39.7 Å². The van der Waals surface area contributed by atoms with Crippen molar-refractivity contribution in [2.45, 2.75) is 64.6 Å². The molecular formula is C16H33N3. The molecule has 0 radical (unpaired) electrons. The first-order valence-corrected chi connectivity index (χ1v) is 8.25. The van der Waals surface area contributed by atoms with Crippen molar-refractivity contribution in [2.24, 2.45) is 5.92 Å². The van der Waals surface area contributed by atoms with E-state index in [9.17, 15) is 0 Å². The molecule has 1 N–H and O–H groups in total. The second-order valence-electron chi connectivity index (χ2n) is 6.95. The highest BCUT2D eigenvalue weighted by Crippen LogP contribution is 2.23. The summed E-state index contributed by atoms with van der Waals surface area (Å²) in [4.78, 5) is 5.14. The van der Waals surface area contributed by atoms with Gasteiger partial charge in [0.2, 0.25) is 0 Å². The molecule has 1 heterocycles. The summed E-state index contributed by atoms with van der Waals surface area (Å²) in [7, 11) is 2.26. The van der Waals surface area contributed by atoms with Crippen LogP contribution < -0.4 is 5.32 Å². The van der Waals surface area contributed by atoms with Gasteiger partial charge in [-0.15, -0.1) is 0 Å². The number of rotatable bonds is 4. The molecule has 4 unspecified atom stereocenters. The van der Waals surface area contributed by atoms with Crippen LogP contribution >= 0.6 is 0 Å². The van der Waals surface area contributed by atoms with Crippen LogP contribution in [0.2, 0.25) is 0 Å². The number of hydrogen-bond acceptors (Lipinski definition) is 3. The van der Waals surface area contributed by atoms with E-state index in [4.69, 9.17) is 0 Å². The molecule has 2 aliphatic rings. The van der Waals surface area contributed by atoms with Gasteiger partial charge in [0.05, 0.1) is 0 Å². The van der Waals surface area contributed by atoms with Crippen LogP contribution in [0.5, 0.6) is 0 Å². The highest BCUT2D eigenvalue weighted by Gasteiger charge is 2.26. The molecule has 0 amide bonds. The first kappa shape index (κ1) is 15.3. The van der Waals surface area contributed by atoms with E-state index < -0.39 is 0 Å². The maximum atomic E-state index is 3.80. The fourth-order valence-corrected chi connectivity index (χ4v) is 3.72. The van der Waals surface area contributed by atoms with Gasteiger partial charge >= 0.3 is 0 Å². The van der Waals surface area contributed by atoms with Crippen molar-refractivity contribution in [1.29, 1.82) is 0 Å². The zero-order chi connectivity index (χ0) is 13.8. The Hall–Kier alpha value is -0.120. The lowest BCUT2D eigenvalue weighted by Crippen LogP contribution is -2.56. The summed E-state index contributed by atoms with van der Waals surface area (Å²) in [6, 6.07) is 2.16. The van der Waals surface area contributed by atoms with Crippen LogP contribution in [0.1, 0.15) is 46.5 Å². The molecule has 1 aliphatic heterocycles. The van der Waals surface area contributed by atoms with Crippen molar-refractivity contribution >= 4 is 0 Å². The van der Waals surface area contributed by atoms with Gasteiger partial charge in [-0.3, -0.25) is 9.80 Å². The van der Waals surface area contributed by atoms with E-state index in [1.165, 1.54) is 45.3 Å². The predicted molar refractivity (Wildman–Crippen MR) is 82.5 cm³/mol. The Labute approximate surface area is 119 Å². The van der Waals surface area contributed by atoms with Crippen molar-refractivity contribution in [2.75, 3.05) is 33.2 Å². The molecule has 0 bridgehead atoms. The van der Waals surface area contributed by atoms with Crippen molar-refractivity contribution < 1.29 is 0 Å². The minimum Gasteiger partial charge on any atom is -0.312 e. The topological polar surface area (TPSA) is 18.5 Å². The number of likely N-dealkylation sites (N-methyl/N-ethyl adjacent to an activating group) is 1. The molecule has 3 heteroatoms. The minimum absolute atomic E-state index is 0.692. The molecule has 2 fully saturated rings. The highest BCUT2D eigenvalue weighted by atomic mass is 15.3. The lowest BCUT2D eigenvalue weighted by molar-refractivity contribution is 0.0597. The number of piperazine rings is 1. The van der Waals surface area contributed by atoms with E-state index in [-0.39, 0.29) is 0 Å². The third kappa shape index (κ3) is 4.17. The number of hydrogen-bond donors (Lipinski definition) is 1. The summed E-state index contributed by atoms with van der Waals surface area (Å²) in [5, 5.41) is 3.80. The standard InChI is InChI=1S/C16H33N3/c1-13-7-5-6-8-16(13)17-9-10-19-11-14(2)18(4)15(3)12-19/h13-17H,5-12H2,1-4H3. The van der Waals surface area contributed by atoms with Gasteiger partial charge in [-0.25, -0.2) is 0 Å². The Kier molecular flexibility index (Phi) is 5.67. The van der Waals surface area contributed by atoms with Crippen LogP contribution in [-0.4, -0.2) is 61.2 Å². The van der Waals surface area contributed by atoms with Crippen LogP contribution in [0, 0.1) is 5.92 Å². The molecule has 0 aromatic carbocycles. The molecule has 19 heavy (non-hydrogen) atoms. The number of nitrogens with one attached hydrogen (secondary N) is 1. The van der Waals surface area contributed by atoms with Crippen LogP contribution in [0.4, 0.5) is 0 Å². The summed E-state index contributed by atoms with van der Waals surface area (Å²) >= 11 is 0. The Morgan fingerprint density at radius 1 is 1.00 bits per heavy atom. The smallest absolute Gasteiger partial charge is 0.0195 e. The van der Waals surface area contributed by atoms with E-state index in [1.807, 2.05) is 0 Å². The number of nitrogens with zero attached hydrogens (tertiary/aromatic N) is 2. The maximum Gasteiger partial charge on any atom is 0.0195 e. The fourth-order valence-electron chi connectivity index (χ4n) is 3.72. The quantitative estimate of drug-likeness (QED) is 0.842. The molecule has 0 aromatic heterocycles. The SMILES string of the molecule is CC1CCCCC1NCCN1CC(C)N(C)C(C)C1. The molecule has 0 aromatic rings. The van der Waals surface area contributed by atoms with Crippen molar-refractivity contribution in [3.63, 3.8) is 0 Å². The Balaban J connectivity index is 1.68. The second kappa shape index (κ2) is 7.05. The molecule has 1 saturated heterocycles. The Bertz CT molecular complexity index is 257. The lowest BCUT2D eigenvalue weighted by Gasteiger charge is -2.42. The molecule has 1 aliphatic carbocycles. The first-order chi connectivity index (χ1) is 9.08. The van der Waals surface area contributed by atoms with Crippen molar-refractivity contribution in [1.82, 2.24) is 15.1 Å². The average molecular weight is 267 g/mol. The van der Waals surface area contributed by atoms with E-state index in [0.29, 0.717) is 12.1 Å². The molecule has 2 rings (SSSR count). The fraction of sp³-hybridized carbons (Fsp3) is 1.00. The van der Waals surface area contributed by atoms with Gasteiger partial charge in [0.25, 0.3) is 0 Å². The zero-order valence-corrected chi connectivity index (χ0v) is 13.4. The minimum atomic E-state index is 0.692. The van der Waals surface area contributed by atoms with E-state index in [1.54, 1.807) is 0 Å². The zero-order valence-electron chi connectivity index (χ0n) is 13.4. The summed E-state index contributed by atoms with van der Waals surface area (Å²) in [5.41, 5.74) is 0. The molecule has 4 atom stereocenters. The maximum absolute atomic E-state index is 3.80. The Morgan fingerprint density at radius 3 is 2.26 bits per heavy atom. The van der Waals surface area contributed by atoms with Crippen LogP contribution in [0.15, 0.2) is 0 Å². The van der Waals surface area contributed by atoms with Gasteiger partial charge in [-0.1, -0.05) is 19.8 Å². The van der Waals surface area contributed by atoms with E-state index >= 15 is 0 Å². The van der Waals surface area contributed by atoms with Crippen LogP contribution in [0.25, 0.3) is 0 Å². The summed E-state index contributed by atoms with van der Waals surface area (Å²) in [6.07, 6.45) is 5.66. The van der Waals surface area contributed by atoms with Gasteiger partial charge in [0, 0.05) is 44.3 Å². The van der Waals surface area contributed by atoms with E-state index in [2.05, 4.69) is 42.9 Å². The second-order valence-corrected chi connectivity index (χ2v) is 6.95. The third-order valence-electron chi connectivity index (χ3n) is 5.38. The van der Waals surface area contributed by atoms with E-state index in [0.717, 1.165) is 18.5 Å². The van der Waals surface area contributed by atoms with Crippen LogP contribution in [-0.2, 0) is 0 Å². The summed E-state index contributed by atoms with van der Waals surface area (Å²) in [5.74, 6) is 0.874. The third-order valence-corrected chi connectivity index (χ3v) is 5.38. The average Bonchev–Trinajstić information content (AvgIpc) is 2.38. The van der Waals surface area contributed by atoms with Gasteiger partial charge in [0.1, 0.15) is 0 Å². The summed E-state index contributed by atoms with van der Waals surface area (Å²) < 4.78 is 0. The molecule has 0 spiro atoms. The molecular weight excluding hydrogens is 234 g/mol. The monoisotopic (exact) mass is 267 g/mol. The molecule has 1 saturated carbocycles. The Morgan fingerprint density at radius 2 is 1.63 bits per heavy atom. The van der Waals surface area contributed by atoms with Gasteiger partial charge < -0.3 is 5.32 Å². The van der Waals surface area contributed by atoms with Gasteiger partial charge in [-0.2, -0.15) is 0 Å². The van der Waals surface area contributed by atoms with Crippen LogP contribution in [0.3, 0.4) is 0 Å². The van der Waals surface area contributed by atoms with Crippen molar-refractivity contribution in [3.05, 3.63) is 0 Å². The largest absolute Gasteiger partial charge is 0.312 e. The van der Waals surface area contributed by atoms with Gasteiger partial charge in [0.15, 0.2) is 0 Å². The van der Waals surface area contributed by atoms with Crippen molar-refractivity contribution in [3.8, 4) is 0 Å². The normalized spacial score (nSPS) is 38.5. The lowest BCUT2D eigenvalue weighted by atomic mass is 9.86.